The lowest BCUT2D eigenvalue weighted by Gasteiger charge is -2.38. The van der Waals surface area contributed by atoms with Gasteiger partial charge in [-0.3, -0.25) is 0 Å². The lowest BCUT2D eigenvalue weighted by Crippen LogP contribution is -2.44. The quantitative estimate of drug-likeness (QED) is 0.702. The van der Waals surface area contributed by atoms with Crippen LogP contribution in [0.4, 0.5) is 4.79 Å². The first-order valence-corrected chi connectivity index (χ1v) is 6.13. The van der Waals surface area contributed by atoms with E-state index in [1.165, 1.54) is 19.3 Å². The molecule has 1 aliphatic heterocycles. The predicted octanol–water partition coefficient (Wildman–Crippen LogP) is 2.65. The van der Waals surface area contributed by atoms with Crippen LogP contribution in [0, 0.1) is 11.8 Å². The highest BCUT2D eigenvalue weighted by Gasteiger charge is 2.37. The zero-order valence-electron chi connectivity index (χ0n) is 9.74. The molecule has 0 unspecified atom stereocenters. The van der Waals surface area contributed by atoms with E-state index in [1.54, 1.807) is 0 Å². The minimum absolute atomic E-state index is 0.0902. The fourth-order valence-electron chi connectivity index (χ4n) is 3.01. The SMILES string of the molecule is CC(C)[C@@H]1CCCC[C@H]1N1CCOC1=O. The maximum atomic E-state index is 11.5. The predicted molar refractivity (Wildman–Crippen MR) is 58.6 cm³/mol. The van der Waals surface area contributed by atoms with E-state index in [9.17, 15) is 4.79 Å². The van der Waals surface area contributed by atoms with Crippen molar-refractivity contribution in [2.24, 2.45) is 11.8 Å². The third-order valence-electron chi connectivity index (χ3n) is 3.83. The molecule has 2 rings (SSSR count). The van der Waals surface area contributed by atoms with Crippen molar-refractivity contribution in [2.45, 2.75) is 45.6 Å². The number of carbonyl (C=O) groups is 1. The largest absolute Gasteiger partial charge is 0.448 e. The van der Waals surface area contributed by atoms with Gasteiger partial charge in [0.1, 0.15) is 6.61 Å². The molecule has 2 aliphatic rings. The van der Waals surface area contributed by atoms with Gasteiger partial charge in [0.2, 0.25) is 0 Å². The van der Waals surface area contributed by atoms with Crippen LogP contribution in [-0.4, -0.2) is 30.2 Å². The minimum atomic E-state index is -0.0902. The number of rotatable bonds is 2. The fourth-order valence-corrected chi connectivity index (χ4v) is 3.01. The highest BCUT2D eigenvalue weighted by molar-refractivity contribution is 5.69. The Morgan fingerprint density at radius 2 is 2.07 bits per heavy atom. The average Bonchev–Trinajstić information content (AvgIpc) is 2.64. The number of amides is 1. The van der Waals surface area contributed by atoms with E-state index >= 15 is 0 Å². The molecular formula is C12H21NO2. The Bertz CT molecular complexity index is 240. The second-order valence-electron chi connectivity index (χ2n) is 5.07. The monoisotopic (exact) mass is 211 g/mol. The molecule has 0 aromatic rings. The topological polar surface area (TPSA) is 29.5 Å². The van der Waals surface area contributed by atoms with Crippen LogP contribution >= 0.6 is 0 Å². The summed E-state index contributed by atoms with van der Waals surface area (Å²) in [5.74, 6) is 1.34. The van der Waals surface area contributed by atoms with E-state index in [4.69, 9.17) is 4.74 Å². The summed E-state index contributed by atoms with van der Waals surface area (Å²) < 4.78 is 5.03. The zero-order valence-corrected chi connectivity index (χ0v) is 9.74. The van der Waals surface area contributed by atoms with Gasteiger partial charge in [0.25, 0.3) is 0 Å². The zero-order chi connectivity index (χ0) is 10.8. The Morgan fingerprint density at radius 3 is 2.67 bits per heavy atom. The molecule has 0 bridgehead atoms. The third kappa shape index (κ3) is 2.11. The fraction of sp³-hybridized carbons (Fsp3) is 0.917. The lowest BCUT2D eigenvalue weighted by atomic mass is 9.77. The second kappa shape index (κ2) is 4.42. The van der Waals surface area contributed by atoms with Crippen LogP contribution in [0.5, 0.6) is 0 Å². The van der Waals surface area contributed by atoms with E-state index < -0.39 is 0 Å². The summed E-state index contributed by atoms with van der Waals surface area (Å²) in [6.45, 7) is 5.92. The average molecular weight is 211 g/mol. The first-order chi connectivity index (χ1) is 7.20. The molecule has 0 radical (unpaired) electrons. The molecule has 2 atom stereocenters. The van der Waals surface area contributed by atoms with E-state index in [2.05, 4.69) is 13.8 Å². The van der Waals surface area contributed by atoms with Gasteiger partial charge in [0, 0.05) is 6.04 Å². The van der Waals surface area contributed by atoms with Crippen LogP contribution in [0.3, 0.4) is 0 Å². The summed E-state index contributed by atoms with van der Waals surface area (Å²) in [5, 5.41) is 0. The number of nitrogens with zero attached hydrogens (tertiary/aromatic N) is 1. The molecule has 1 amide bonds. The van der Waals surface area contributed by atoms with Gasteiger partial charge in [-0.25, -0.2) is 4.79 Å². The second-order valence-corrected chi connectivity index (χ2v) is 5.07. The van der Waals surface area contributed by atoms with Crippen LogP contribution in [0.15, 0.2) is 0 Å². The molecule has 86 valence electrons. The minimum Gasteiger partial charge on any atom is -0.448 e. The van der Waals surface area contributed by atoms with Gasteiger partial charge < -0.3 is 9.64 Å². The van der Waals surface area contributed by atoms with Crippen molar-refractivity contribution in [1.29, 1.82) is 0 Å². The van der Waals surface area contributed by atoms with Gasteiger partial charge in [-0.2, -0.15) is 0 Å². The maximum absolute atomic E-state index is 11.5. The van der Waals surface area contributed by atoms with Crippen LogP contribution in [0.2, 0.25) is 0 Å². The summed E-state index contributed by atoms with van der Waals surface area (Å²) in [4.78, 5) is 13.5. The Morgan fingerprint density at radius 1 is 1.33 bits per heavy atom. The number of ether oxygens (including phenoxy) is 1. The summed E-state index contributed by atoms with van der Waals surface area (Å²) in [5.41, 5.74) is 0. The standard InChI is InChI=1S/C12H21NO2/c1-9(2)10-5-3-4-6-11(10)13-7-8-15-12(13)14/h9-11H,3-8H2,1-2H3/t10-,11+/m0/s1. The molecule has 3 nitrogen and oxygen atoms in total. The van der Waals surface area contributed by atoms with Crippen molar-refractivity contribution in [3.63, 3.8) is 0 Å². The molecule has 0 aromatic heterocycles. The van der Waals surface area contributed by atoms with Gasteiger partial charge in [-0.05, 0) is 24.7 Å². The van der Waals surface area contributed by atoms with E-state index in [1.807, 2.05) is 4.90 Å². The van der Waals surface area contributed by atoms with Gasteiger partial charge in [-0.15, -0.1) is 0 Å². The van der Waals surface area contributed by atoms with Crippen molar-refractivity contribution < 1.29 is 9.53 Å². The summed E-state index contributed by atoms with van der Waals surface area (Å²) >= 11 is 0. The van der Waals surface area contributed by atoms with Gasteiger partial charge in [0.15, 0.2) is 0 Å². The van der Waals surface area contributed by atoms with Crippen LogP contribution < -0.4 is 0 Å². The van der Waals surface area contributed by atoms with Crippen molar-refractivity contribution in [2.75, 3.05) is 13.2 Å². The molecule has 3 heteroatoms. The lowest BCUT2D eigenvalue weighted by molar-refractivity contribution is 0.0993. The molecule has 0 N–H and O–H groups in total. The summed E-state index contributed by atoms with van der Waals surface area (Å²) in [6.07, 6.45) is 4.93. The van der Waals surface area contributed by atoms with Crippen molar-refractivity contribution in [3.8, 4) is 0 Å². The highest BCUT2D eigenvalue weighted by Crippen LogP contribution is 2.34. The van der Waals surface area contributed by atoms with E-state index in [0.717, 1.165) is 13.0 Å². The molecule has 15 heavy (non-hydrogen) atoms. The van der Waals surface area contributed by atoms with Crippen LogP contribution in [0.25, 0.3) is 0 Å². The summed E-state index contributed by atoms with van der Waals surface area (Å²) in [7, 11) is 0. The van der Waals surface area contributed by atoms with Crippen LogP contribution in [0.1, 0.15) is 39.5 Å². The molecule has 2 fully saturated rings. The normalized spacial score (nSPS) is 32.2. The Kier molecular flexibility index (Phi) is 3.17. The maximum Gasteiger partial charge on any atom is 0.410 e. The van der Waals surface area contributed by atoms with Gasteiger partial charge >= 0.3 is 6.09 Å². The summed E-state index contributed by atoms with van der Waals surface area (Å²) in [6, 6.07) is 0.439. The molecule has 0 aromatic carbocycles. The van der Waals surface area contributed by atoms with Crippen molar-refractivity contribution in [1.82, 2.24) is 4.90 Å². The first kappa shape index (κ1) is 10.8. The Balaban J connectivity index is 2.06. The first-order valence-electron chi connectivity index (χ1n) is 6.13. The smallest absolute Gasteiger partial charge is 0.410 e. The molecule has 1 aliphatic carbocycles. The van der Waals surface area contributed by atoms with E-state index in [-0.39, 0.29) is 6.09 Å². The Hall–Kier alpha value is -0.730. The van der Waals surface area contributed by atoms with E-state index in [0.29, 0.717) is 24.5 Å². The Labute approximate surface area is 91.8 Å². The molecular weight excluding hydrogens is 190 g/mol. The number of hydrogen-bond donors (Lipinski definition) is 0. The molecule has 1 saturated carbocycles. The molecule has 1 heterocycles. The molecule has 1 saturated heterocycles. The molecule has 0 spiro atoms. The number of hydrogen-bond acceptors (Lipinski definition) is 2. The third-order valence-corrected chi connectivity index (χ3v) is 3.83. The van der Waals surface area contributed by atoms with Gasteiger partial charge in [-0.1, -0.05) is 26.7 Å². The number of carbonyl (C=O) groups excluding carboxylic acids is 1. The highest BCUT2D eigenvalue weighted by atomic mass is 16.6. The van der Waals surface area contributed by atoms with Crippen molar-refractivity contribution in [3.05, 3.63) is 0 Å². The van der Waals surface area contributed by atoms with Crippen LogP contribution in [-0.2, 0) is 4.74 Å². The van der Waals surface area contributed by atoms with Crippen molar-refractivity contribution >= 4 is 6.09 Å². The van der Waals surface area contributed by atoms with Gasteiger partial charge in [0.05, 0.1) is 6.54 Å². The number of cyclic esters (lactones) is 1.